The molecule has 3 rings (SSSR count). The number of hydrogen-bond acceptors (Lipinski definition) is 6. The third-order valence-corrected chi connectivity index (χ3v) is 6.04. The molecule has 0 spiro atoms. The summed E-state index contributed by atoms with van der Waals surface area (Å²) in [6.45, 7) is 2.90. The number of aryl methyl sites for hydroxylation is 1. The van der Waals surface area contributed by atoms with Gasteiger partial charge in [-0.05, 0) is 44.5 Å². The molecule has 0 bridgehead atoms. The molecule has 27 heavy (non-hydrogen) atoms. The van der Waals surface area contributed by atoms with Crippen molar-refractivity contribution < 1.29 is 14.3 Å². The third-order valence-electron chi connectivity index (χ3n) is 5.06. The summed E-state index contributed by atoms with van der Waals surface area (Å²) >= 11 is 1.60. The molecule has 1 aliphatic heterocycles. The number of esters is 1. The number of nitrogens with zero attached hydrogens (tertiary/aromatic N) is 2. The number of rotatable bonds is 6. The summed E-state index contributed by atoms with van der Waals surface area (Å²) < 4.78 is 4.82. The van der Waals surface area contributed by atoms with Crippen molar-refractivity contribution in [2.45, 2.75) is 38.3 Å². The van der Waals surface area contributed by atoms with Gasteiger partial charge in [0.05, 0.1) is 41.7 Å². The summed E-state index contributed by atoms with van der Waals surface area (Å²) in [6, 6.07) is 7.39. The lowest BCUT2D eigenvalue weighted by Gasteiger charge is -2.24. The highest BCUT2D eigenvalue weighted by Crippen LogP contribution is 2.29. The Labute approximate surface area is 163 Å². The van der Waals surface area contributed by atoms with Gasteiger partial charge in [-0.1, -0.05) is 24.3 Å². The van der Waals surface area contributed by atoms with E-state index in [1.807, 2.05) is 43.7 Å². The average molecular weight is 388 g/mol. The molecule has 2 atom stereocenters. The molecule has 7 heteroatoms. The van der Waals surface area contributed by atoms with Crippen LogP contribution in [-0.4, -0.2) is 48.5 Å². The minimum Gasteiger partial charge on any atom is -0.469 e. The normalized spacial score (nSPS) is 18.3. The van der Waals surface area contributed by atoms with E-state index in [0.717, 1.165) is 41.1 Å². The molecule has 0 saturated carbocycles. The molecule has 1 aromatic heterocycles. The van der Waals surface area contributed by atoms with Crippen LogP contribution in [0.3, 0.4) is 0 Å². The number of hydrogen-bond donors (Lipinski definition) is 1. The molecule has 2 unspecified atom stereocenters. The molecule has 2 heterocycles. The molecule has 1 saturated heterocycles. The van der Waals surface area contributed by atoms with Crippen molar-refractivity contribution in [3.05, 3.63) is 41.0 Å². The Bertz CT molecular complexity index is 803. The highest BCUT2D eigenvalue weighted by atomic mass is 32.1. The van der Waals surface area contributed by atoms with Crippen LogP contribution in [0.4, 0.5) is 0 Å². The zero-order valence-electron chi connectivity index (χ0n) is 15.9. The number of methoxy groups -OCH3 is 1. The quantitative estimate of drug-likeness (QED) is 0.772. The van der Waals surface area contributed by atoms with E-state index in [1.54, 1.807) is 11.3 Å². The number of benzene rings is 1. The molecule has 1 amide bonds. The summed E-state index contributed by atoms with van der Waals surface area (Å²) in [5.41, 5.74) is 4.80. The number of likely N-dealkylation sites (N-methyl/N-ethyl adjacent to an activating group) is 1. The Morgan fingerprint density at radius 2 is 2.11 bits per heavy atom. The smallest absolute Gasteiger partial charge is 0.307 e. The van der Waals surface area contributed by atoms with Gasteiger partial charge >= 0.3 is 5.97 Å². The molecular formula is C20H25N3O3S. The SMILES string of the molecule is COC(=O)CC(NC(=O)C1CCCN1C)c1ccc(-c2scnc2C)cc1. The zero-order valence-corrected chi connectivity index (χ0v) is 16.7. The van der Waals surface area contributed by atoms with Crippen LogP contribution in [-0.2, 0) is 14.3 Å². The summed E-state index contributed by atoms with van der Waals surface area (Å²) in [4.78, 5) is 32.0. The molecule has 144 valence electrons. The Morgan fingerprint density at radius 1 is 1.37 bits per heavy atom. The number of ether oxygens (including phenoxy) is 1. The molecule has 1 fully saturated rings. The molecule has 6 nitrogen and oxygen atoms in total. The molecule has 1 aliphatic rings. The Hall–Kier alpha value is -2.25. The molecule has 1 N–H and O–H groups in total. The van der Waals surface area contributed by atoms with Gasteiger partial charge in [-0.2, -0.15) is 0 Å². The van der Waals surface area contributed by atoms with Crippen LogP contribution in [0.2, 0.25) is 0 Å². The lowest BCUT2D eigenvalue weighted by Crippen LogP contribution is -2.43. The summed E-state index contributed by atoms with van der Waals surface area (Å²) in [7, 11) is 3.32. The van der Waals surface area contributed by atoms with Gasteiger partial charge in [-0.25, -0.2) is 4.98 Å². The standard InChI is InChI=1S/C20H25N3O3S/c1-13-19(27-12-21-13)15-8-6-14(7-9-15)16(11-18(24)26-3)22-20(25)17-5-4-10-23(17)2/h6-9,12,16-17H,4-5,10-11H2,1-3H3,(H,22,25). The lowest BCUT2D eigenvalue weighted by molar-refractivity contribution is -0.141. The minimum atomic E-state index is -0.407. The largest absolute Gasteiger partial charge is 0.469 e. The highest BCUT2D eigenvalue weighted by Gasteiger charge is 2.30. The van der Waals surface area contributed by atoms with Gasteiger partial charge in [0.25, 0.3) is 0 Å². The zero-order chi connectivity index (χ0) is 19.4. The van der Waals surface area contributed by atoms with E-state index < -0.39 is 6.04 Å². The predicted octanol–water partition coefficient (Wildman–Crippen LogP) is 2.93. The van der Waals surface area contributed by atoms with Crippen LogP contribution < -0.4 is 5.32 Å². The maximum Gasteiger partial charge on any atom is 0.307 e. The number of thiazole rings is 1. The first-order valence-electron chi connectivity index (χ1n) is 9.07. The van der Waals surface area contributed by atoms with Crippen molar-refractivity contribution in [3.63, 3.8) is 0 Å². The summed E-state index contributed by atoms with van der Waals surface area (Å²) in [5.74, 6) is -0.381. The van der Waals surface area contributed by atoms with Gasteiger partial charge in [-0.3, -0.25) is 14.5 Å². The predicted molar refractivity (Wildman–Crippen MR) is 105 cm³/mol. The van der Waals surface area contributed by atoms with Gasteiger partial charge in [0, 0.05) is 0 Å². The summed E-state index contributed by atoms with van der Waals surface area (Å²) in [6.07, 6.45) is 1.97. The van der Waals surface area contributed by atoms with E-state index in [4.69, 9.17) is 4.74 Å². The van der Waals surface area contributed by atoms with Crippen molar-refractivity contribution in [2.75, 3.05) is 20.7 Å². The van der Waals surface area contributed by atoms with Crippen LogP contribution in [0.25, 0.3) is 10.4 Å². The van der Waals surface area contributed by atoms with Crippen LogP contribution in [0, 0.1) is 6.92 Å². The van der Waals surface area contributed by atoms with Crippen molar-refractivity contribution >= 4 is 23.2 Å². The second-order valence-corrected chi connectivity index (χ2v) is 7.72. The topological polar surface area (TPSA) is 71.5 Å². The van der Waals surface area contributed by atoms with Crippen molar-refractivity contribution in [3.8, 4) is 10.4 Å². The van der Waals surface area contributed by atoms with Gasteiger partial charge in [0.2, 0.25) is 5.91 Å². The molecule has 0 aliphatic carbocycles. The maximum atomic E-state index is 12.7. The monoisotopic (exact) mass is 387 g/mol. The number of aromatic nitrogens is 1. The highest BCUT2D eigenvalue weighted by molar-refractivity contribution is 7.13. The van der Waals surface area contributed by atoms with Crippen molar-refractivity contribution in [1.29, 1.82) is 0 Å². The third kappa shape index (κ3) is 4.54. The van der Waals surface area contributed by atoms with E-state index in [-0.39, 0.29) is 24.3 Å². The number of nitrogens with one attached hydrogen (secondary N) is 1. The molecule has 2 aromatic rings. The van der Waals surface area contributed by atoms with Gasteiger partial charge in [-0.15, -0.1) is 11.3 Å². The number of carbonyl (C=O) groups excluding carboxylic acids is 2. The van der Waals surface area contributed by atoms with E-state index in [9.17, 15) is 9.59 Å². The fourth-order valence-electron chi connectivity index (χ4n) is 3.46. The van der Waals surface area contributed by atoms with Crippen LogP contribution in [0.15, 0.2) is 29.8 Å². The van der Waals surface area contributed by atoms with E-state index in [1.165, 1.54) is 7.11 Å². The van der Waals surface area contributed by atoms with Gasteiger partial charge in [0.15, 0.2) is 0 Å². The molecular weight excluding hydrogens is 362 g/mol. The average Bonchev–Trinajstić information content (AvgIpc) is 3.29. The fraction of sp³-hybridized carbons (Fsp3) is 0.450. The molecule has 1 aromatic carbocycles. The van der Waals surface area contributed by atoms with E-state index >= 15 is 0 Å². The lowest BCUT2D eigenvalue weighted by atomic mass is 10.0. The first-order chi connectivity index (χ1) is 13.0. The van der Waals surface area contributed by atoms with Crippen molar-refractivity contribution in [1.82, 2.24) is 15.2 Å². The van der Waals surface area contributed by atoms with Gasteiger partial charge < -0.3 is 10.1 Å². The summed E-state index contributed by atoms with van der Waals surface area (Å²) in [5, 5.41) is 3.05. The van der Waals surface area contributed by atoms with Crippen molar-refractivity contribution in [2.24, 2.45) is 0 Å². The number of amides is 1. The molecule has 0 radical (unpaired) electrons. The Morgan fingerprint density at radius 3 is 2.67 bits per heavy atom. The van der Waals surface area contributed by atoms with Gasteiger partial charge in [0.1, 0.15) is 0 Å². The van der Waals surface area contributed by atoms with E-state index in [0.29, 0.717) is 0 Å². The number of likely N-dealkylation sites (tertiary alicyclic amines) is 1. The Balaban J connectivity index is 1.79. The van der Waals surface area contributed by atoms with Crippen LogP contribution in [0.5, 0.6) is 0 Å². The Kier molecular flexibility index (Phi) is 6.23. The van der Waals surface area contributed by atoms with Crippen LogP contribution >= 0.6 is 11.3 Å². The second kappa shape index (κ2) is 8.63. The number of carbonyl (C=O) groups is 2. The van der Waals surface area contributed by atoms with E-state index in [2.05, 4.69) is 15.2 Å². The first kappa shape index (κ1) is 19.5. The second-order valence-electron chi connectivity index (χ2n) is 6.87. The van der Waals surface area contributed by atoms with Crippen LogP contribution in [0.1, 0.15) is 36.6 Å². The minimum absolute atomic E-state index is 0.0359. The first-order valence-corrected chi connectivity index (χ1v) is 9.95. The fourth-order valence-corrected chi connectivity index (χ4v) is 4.27. The maximum absolute atomic E-state index is 12.7.